The molecule has 4 nitrogen and oxygen atoms in total. The van der Waals surface area contributed by atoms with E-state index in [0.717, 1.165) is 33.9 Å². The lowest BCUT2D eigenvalue weighted by Crippen LogP contribution is -2.29. The third-order valence-corrected chi connectivity index (χ3v) is 11.9. The Bertz CT molecular complexity index is 1760. The molecule has 0 fully saturated rings. The van der Waals surface area contributed by atoms with Crippen LogP contribution in [0.3, 0.4) is 0 Å². The second kappa shape index (κ2) is 13.7. The molecule has 1 aliphatic heterocycles. The lowest BCUT2D eigenvalue weighted by atomic mass is 9.91. The van der Waals surface area contributed by atoms with Crippen LogP contribution in [0.25, 0.3) is 11.1 Å². The van der Waals surface area contributed by atoms with Gasteiger partial charge in [0.15, 0.2) is 0 Å². The van der Waals surface area contributed by atoms with Crippen molar-refractivity contribution in [2.45, 2.75) is 13.1 Å². The Balaban J connectivity index is 1.77. The van der Waals surface area contributed by atoms with Crippen molar-refractivity contribution in [3.05, 3.63) is 130 Å². The van der Waals surface area contributed by atoms with Crippen molar-refractivity contribution in [2.24, 2.45) is 0 Å². The van der Waals surface area contributed by atoms with Crippen LogP contribution in [0, 0.1) is 23.7 Å². The molecule has 0 saturated carbocycles. The molecule has 0 spiro atoms. The highest BCUT2D eigenvalue weighted by Crippen LogP contribution is 2.48. The van der Waals surface area contributed by atoms with Gasteiger partial charge in [-0.25, -0.2) is 0 Å². The monoisotopic (exact) mass is 634 g/mol. The van der Waals surface area contributed by atoms with E-state index in [0.29, 0.717) is 0 Å². The van der Waals surface area contributed by atoms with E-state index in [-0.39, 0.29) is 0 Å². The highest BCUT2D eigenvalue weighted by Gasteiger charge is 2.41. The van der Waals surface area contributed by atoms with Crippen molar-refractivity contribution < 1.29 is 0 Å². The standard InChI is InChI=1S/C42H46N4Si/c1-43(2)35-25-31(26-36(29-35)44(3)4)21-23-39-41(33-17-13-11-14-18-33)42(34-19-15-12-16-20-34)40(47(39,9)10)24-22-32-27-37(45(5)6)30-38(28-32)46(7)8/h11-20,25-30H,1-10H3. The fourth-order valence-electron chi connectivity index (χ4n) is 5.86. The van der Waals surface area contributed by atoms with Crippen LogP contribution in [-0.4, -0.2) is 64.5 Å². The van der Waals surface area contributed by atoms with E-state index < -0.39 is 8.07 Å². The molecular formula is C42H46N4Si. The molecule has 0 saturated heterocycles. The molecule has 0 aliphatic carbocycles. The molecule has 47 heavy (non-hydrogen) atoms. The topological polar surface area (TPSA) is 13.0 Å². The van der Waals surface area contributed by atoms with Gasteiger partial charge in [0.1, 0.15) is 8.07 Å². The Morgan fingerprint density at radius 3 is 0.979 bits per heavy atom. The molecule has 238 valence electrons. The van der Waals surface area contributed by atoms with Crippen molar-refractivity contribution in [3.8, 4) is 23.7 Å². The van der Waals surface area contributed by atoms with Gasteiger partial charge in [0.2, 0.25) is 0 Å². The Hall–Kier alpha value is -5.10. The molecule has 0 unspecified atom stereocenters. The van der Waals surface area contributed by atoms with Crippen molar-refractivity contribution in [1.82, 2.24) is 0 Å². The number of hydrogen-bond acceptors (Lipinski definition) is 4. The Morgan fingerprint density at radius 1 is 0.404 bits per heavy atom. The molecule has 5 heteroatoms. The minimum absolute atomic E-state index is 1.00. The van der Waals surface area contributed by atoms with Gasteiger partial charge in [-0.15, -0.1) is 0 Å². The first kappa shape index (κ1) is 33.3. The summed E-state index contributed by atoms with van der Waals surface area (Å²) in [6.07, 6.45) is 0. The SMILES string of the molecule is CN(C)c1cc(C#CC2=C(c3ccccc3)C(c3ccccc3)=C(C#Cc3cc(N(C)C)cc(N(C)C)c3)[Si]2(C)C)cc(N(C)C)c1. The van der Waals surface area contributed by atoms with Crippen LogP contribution < -0.4 is 19.6 Å². The highest BCUT2D eigenvalue weighted by atomic mass is 28.3. The van der Waals surface area contributed by atoms with Gasteiger partial charge >= 0.3 is 0 Å². The maximum absolute atomic E-state index is 3.78. The summed E-state index contributed by atoms with van der Waals surface area (Å²) >= 11 is 0. The normalized spacial score (nSPS) is 13.4. The van der Waals surface area contributed by atoms with E-state index in [1.807, 2.05) is 0 Å². The molecule has 0 bridgehead atoms. The third kappa shape index (κ3) is 7.17. The van der Waals surface area contributed by atoms with Gasteiger partial charge in [0.05, 0.1) is 0 Å². The second-order valence-corrected chi connectivity index (χ2v) is 17.7. The average Bonchev–Trinajstić information content (AvgIpc) is 3.28. The van der Waals surface area contributed by atoms with Gasteiger partial charge < -0.3 is 19.6 Å². The molecule has 0 N–H and O–H groups in total. The number of anilines is 4. The molecule has 4 aromatic rings. The van der Waals surface area contributed by atoms with Gasteiger partial charge in [0, 0.05) is 101 Å². The predicted molar refractivity (Wildman–Crippen MR) is 208 cm³/mol. The van der Waals surface area contributed by atoms with Crippen LogP contribution in [0.1, 0.15) is 22.3 Å². The molecule has 0 radical (unpaired) electrons. The molecule has 0 aromatic heterocycles. The average molecular weight is 635 g/mol. The summed E-state index contributed by atoms with van der Waals surface area (Å²) in [5.74, 6) is 14.8. The van der Waals surface area contributed by atoms with Gasteiger partial charge in [-0.1, -0.05) is 97.4 Å². The first-order valence-electron chi connectivity index (χ1n) is 16.0. The lowest BCUT2D eigenvalue weighted by Gasteiger charge is -2.20. The summed E-state index contributed by atoms with van der Waals surface area (Å²) in [5, 5.41) is 2.43. The number of allylic oxidation sites excluding steroid dienone is 4. The fraction of sp³-hybridized carbons (Fsp3) is 0.238. The molecule has 1 heterocycles. The zero-order valence-corrected chi connectivity index (χ0v) is 30.5. The van der Waals surface area contributed by atoms with Crippen LogP contribution in [0.4, 0.5) is 22.7 Å². The summed E-state index contributed by atoms with van der Waals surface area (Å²) in [6.45, 7) is 4.81. The van der Waals surface area contributed by atoms with Crippen molar-refractivity contribution in [1.29, 1.82) is 0 Å². The number of rotatable bonds is 6. The van der Waals surface area contributed by atoms with Crippen LogP contribution in [-0.2, 0) is 0 Å². The lowest BCUT2D eigenvalue weighted by molar-refractivity contribution is 1.10. The maximum Gasteiger partial charge on any atom is 0.135 e. The van der Waals surface area contributed by atoms with E-state index in [2.05, 4.69) is 210 Å². The molecule has 1 aliphatic rings. The van der Waals surface area contributed by atoms with Crippen molar-refractivity contribution in [2.75, 3.05) is 76.0 Å². The van der Waals surface area contributed by atoms with Crippen LogP contribution in [0.2, 0.25) is 13.1 Å². The van der Waals surface area contributed by atoms with E-state index in [1.165, 1.54) is 32.7 Å². The van der Waals surface area contributed by atoms with Gasteiger partial charge in [-0.05, 0) is 58.7 Å². The number of hydrogen-bond donors (Lipinski definition) is 0. The predicted octanol–water partition coefficient (Wildman–Crippen LogP) is 8.06. The summed E-state index contributed by atoms with van der Waals surface area (Å²) in [6, 6.07) is 34.6. The third-order valence-electron chi connectivity index (χ3n) is 8.66. The van der Waals surface area contributed by atoms with Crippen LogP contribution >= 0.6 is 0 Å². The Morgan fingerprint density at radius 2 is 0.702 bits per heavy atom. The van der Waals surface area contributed by atoms with E-state index >= 15 is 0 Å². The molecule has 0 atom stereocenters. The number of nitrogens with zero attached hydrogens (tertiary/aromatic N) is 4. The Labute approximate surface area is 283 Å². The quantitative estimate of drug-likeness (QED) is 0.157. The van der Waals surface area contributed by atoms with Gasteiger partial charge in [-0.3, -0.25) is 0 Å². The Kier molecular flexibility index (Phi) is 9.71. The zero-order chi connectivity index (χ0) is 33.9. The fourth-order valence-corrected chi connectivity index (χ4v) is 8.65. The van der Waals surface area contributed by atoms with Gasteiger partial charge in [-0.2, -0.15) is 0 Å². The summed E-state index contributed by atoms with van der Waals surface area (Å²) < 4.78 is 0. The van der Waals surface area contributed by atoms with Crippen LogP contribution in [0.15, 0.2) is 107 Å². The van der Waals surface area contributed by atoms with Crippen LogP contribution in [0.5, 0.6) is 0 Å². The van der Waals surface area contributed by atoms with Crippen molar-refractivity contribution in [3.63, 3.8) is 0 Å². The summed E-state index contributed by atoms with van der Waals surface area (Å²) in [5.41, 5.74) is 11.3. The first-order chi connectivity index (χ1) is 22.4. The smallest absolute Gasteiger partial charge is 0.135 e. The van der Waals surface area contributed by atoms with E-state index in [1.54, 1.807) is 0 Å². The molecular weight excluding hydrogens is 589 g/mol. The second-order valence-electron chi connectivity index (χ2n) is 13.4. The van der Waals surface area contributed by atoms with E-state index in [9.17, 15) is 0 Å². The van der Waals surface area contributed by atoms with E-state index in [4.69, 9.17) is 0 Å². The number of benzene rings is 4. The largest absolute Gasteiger partial charge is 0.378 e. The summed E-state index contributed by atoms with van der Waals surface area (Å²) in [4.78, 5) is 8.54. The molecule has 5 rings (SSSR count). The minimum Gasteiger partial charge on any atom is -0.378 e. The first-order valence-corrected chi connectivity index (χ1v) is 19.0. The highest BCUT2D eigenvalue weighted by molar-refractivity contribution is 6.96. The molecule has 0 amide bonds. The minimum atomic E-state index is -2.37. The van der Waals surface area contributed by atoms with Crippen molar-refractivity contribution >= 4 is 42.0 Å². The maximum atomic E-state index is 3.78. The van der Waals surface area contributed by atoms with Gasteiger partial charge in [0.25, 0.3) is 0 Å². The molecule has 4 aromatic carbocycles. The summed E-state index contributed by atoms with van der Waals surface area (Å²) in [7, 11) is 14.2. The zero-order valence-electron chi connectivity index (χ0n) is 29.5.